The summed E-state index contributed by atoms with van der Waals surface area (Å²) >= 11 is 0. The Morgan fingerprint density at radius 2 is 2.45 bits per heavy atom. The Hall–Kier alpha value is -1.08. The molecule has 1 amide bonds. The first-order valence-corrected chi connectivity index (χ1v) is 3.42. The van der Waals surface area contributed by atoms with Crippen molar-refractivity contribution >= 4 is 5.91 Å². The molecule has 0 aliphatic carbocycles. The highest BCUT2D eigenvalue weighted by Gasteiger charge is 2.07. The normalized spacial score (nSPS) is 11.7. The average Bonchev–Trinajstić information content (AvgIpc) is 2.01. The van der Waals surface area contributed by atoms with Crippen LogP contribution < -0.4 is 5.32 Å². The van der Waals surface area contributed by atoms with Crippen LogP contribution in [0.4, 0.5) is 0 Å². The van der Waals surface area contributed by atoms with Gasteiger partial charge < -0.3 is 10.1 Å². The zero-order valence-corrected chi connectivity index (χ0v) is 6.76. The second kappa shape index (κ2) is 5.69. The lowest BCUT2D eigenvalue weighted by Crippen LogP contribution is -2.35. The molecule has 0 saturated heterocycles. The van der Waals surface area contributed by atoms with Gasteiger partial charge in [0.15, 0.2) is 0 Å². The Balaban J connectivity index is 3.65. The molecule has 0 aromatic carbocycles. The number of hydrogen-bond donors (Lipinski definition) is 1. The van der Waals surface area contributed by atoms with E-state index < -0.39 is 6.04 Å². The molecule has 0 aliphatic heterocycles. The van der Waals surface area contributed by atoms with E-state index >= 15 is 0 Å². The fourth-order valence-corrected chi connectivity index (χ4v) is 0.593. The summed E-state index contributed by atoms with van der Waals surface area (Å²) in [5.74, 6) is -0.249. The molecule has 0 saturated carbocycles. The van der Waals surface area contributed by atoms with Gasteiger partial charge in [-0.1, -0.05) is 6.92 Å². The van der Waals surface area contributed by atoms with Gasteiger partial charge in [0.25, 0.3) is 0 Å². The monoisotopic (exact) mass is 156 g/mol. The molecular formula is C7H12N2O2. The van der Waals surface area contributed by atoms with E-state index in [0.717, 1.165) is 0 Å². The van der Waals surface area contributed by atoms with Crippen LogP contribution in [0.15, 0.2) is 0 Å². The highest BCUT2D eigenvalue weighted by Crippen LogP contribution is 1.86. The molecule has 0 bridgehead atoms. The van der Waals surface area contributed by atoms with Gasteiger partial charge in [0.2, 0.25) is 5.91 Å². The second-order valence-electron chi connectivity index (χ2n) is 2.09. The van der Waals surface area contributed by atoms with E-state index in [0.29, 0.717) is 6.42 Å². The zero-order chi connectivity index (χ0) is 8.69. The minimum atomic E-state index is -0.391. The Labute approximate surface area is 66.1 Å². The number of amides is 1. The predicted octanol–water partition coefficient (Wildman–Crippen LogP) is 0.0512. The largest absolute Gasteiger partial charge is 0.375 e. The van der Waals surface area contributed by atoms with Crippen molar-refractivity contribution in [2.24, 2.45) is 0 Å². The standard InChI is InChI=1S/C7H12N2O2/c1-3-6(4-8)9-7(10)5-11-2/h6H,3,5H2,1-2H3,(H,9,10)/t6-/m1/s1. The van der Waals surface area contributed by atoms with Gasteiger partial charge in [-0.05, 0) is 6.42 Å². The van der Waals surface area contributed by atoms with E-state index in [4.69, 9.17) is 5.26 Å². The van der Waals surface area contributed by atoms with E-state index in [9.17, 15) is 4.79 Å². The third-order valence-corrected chi connectivity index (χ3v) is 1.17. The van der Waals surface area contributed by atoms with Gasteiger partial charge in [-0.25, -0.2) is 0 Å². The first-order valence-electron chi connectivity index (χ1n) is 3.42. The number of ether oxygens (including phenoxy) is 1. The van der Waals surface area contributed by atoms with Crippen molar-refractivity contribution in [3.05, 3.63) is 0 Å². The minimum absolute atomic E-state index is 0.0121. The predicted molar refractivity (Wildman–Crippen MR) is 39.7 cm³/mol. The molecule has 62 valence electrons. The summed E-state index contributed by atoms with van der Waals surface area (Å²) < 4.78 is 4.57. The number of hydrogen-bond acceptors (Lipinski definition) is 3. The van der Waals surface area contributed by atoms with Crippen LogP contribution in [0.5, 0.6) is 0 Å². The van der Waals surface area contributed by atoms with Crippen LogP contribution in [0, 0.1) is 11.3 Å². The molecule has 0 radical (unpaired) electrons. The van der Waals surface area contributed by atoms with Gasteiger partial charge in [-0.15, -0.1) is 0 Å². The van der Waals surface area contributed by atoms with E-state index in [1.165, 1.54) is 7.11 Å². The molecule has 11 heavy (non-hydrogen) atoms. The maximum atomic E-state index is 10.8. The fraction of sp³-hybridized carbons (Fsp3) is 0.714. The molecule has 0 aromatic rings. The minimum Gasteiger partial charge on any atom is -0.375 e. The number of carbonyl (C=O) groups is 1. The summed E-state index contributed by atoms with van der Waals surface area (Å²) in [6.45, 7) is 1.85. The molecule has 0 fully saturated rings. The molecule has 1 N–H and O–H groups in total. The third-order valence-electron chi connectivity index (χ3n) is 1.17. The lowest BCUT2D eigenvalue weighted by molar-refractivity contribution is -0.125. The second-order valence-corrected chi connectivity index (χ2v) is 2.09. The number of carbonyl (C=O) groups excluding carboxylic acids is 1. The van der Waals surface area contributed by atoms with Crippen molar-refractivity contribution in [3.8, 4) is 6.07 Å². The van der Waals surface area contributed by atoms with Crippen molar-refractivity contribution in [1.29, 1.82) is 5.26 Å². The van der Waals surface area contributed by atoms with E-state index in [1.54, 1.807) is 0 Å². The van der Waals surface area contributed by atoms with E-state index in [1.807, 2.05) is 13.0 Å². The zero-order valence-electron chi connectivity index (χ0n) is 6.76. The Kier molecular flexibility index (Phi) is 5.13. The van der Waals surface area contributed by atoms with Gasteiger partial charge in [-0.3, -0.25) is 4.79 Å². The fourth-order valence-electron chi connectivity index (χ4n) is 0.593. The summed E-state index contributed by atoms with van der Waals surface area (Å²) in [4.78, 5) is 10.8. The SMILES string of the molecule is CC[C@H](C#N)NC(=O)COC. The summed E-state index contributed by atoms with van der Waals surface area (Å²) in [6, 6.07) is 1.56. The van der Waals surface area contributed by atoms with Crippen molar-refractivity contribution in [1.82, 2.24) is 5.32 Å². The highest BCUT2D eigenvalue weighted by atomic mass is 16.5. The van der Waals surface area contributed by atoms with Gasteiger partial charge >= 0.3 is 0 Å². The topological polar surface area (TPSA) is 62.1 Å². The van der Waals surface area contributed by atoms with Gasteiger partial charge in [-0.2, -0.15) is 5.26 Å². The molecule has 4 nitrogen and oxygen atoms in total. The lowest BCUT2D eigenvalue weighted by atomic mass is 10.2. The lowest BCUT2D eigenvalue weighted by Gasteiger charge is -2.07. The van der Waals surface area contributed by atoms with E-state index in [2.05, 4.69) is 10.1 Å². The van der Waals surface area contributed by atoms with Crippen molar-refractivity contribution in [2.45, 2.75) is 19.4 Å². The van der Waals surface area contributed by atoms with Crippen LogP contribution in [0.25, 0.3) is 0 Å². The van der Waals surface area contributed by atoms with Crippen molar-refractivity contribution < 1.29 is 9.53 Å². The molecule has 0 unspecified atom stereocenters. The molecule has 1 atom stereocenters. The number of nitriles is 1. The maximum absolute atomic E-state index is 10.8. The van der Waals surface area contributed by atoms with Crippen LogP contribution in [0.3, 0.4) is 0 Å². The molecule has 0 aliphatic rings. The third kappa shape index (κ3) is 4.34. The number of nitrogens with zero attached hydrogens (tertiary/aromatic N) is 1. The summed E-state index contributed by atoms with van der Waals surface area (Å²) in [5, 5.41) is 10.9. The Morgan fingerprint density at radius 1 is 1.82 bits per heavy atom. The van der Waals surface area contributed by atoms with Crippen molar-refractivity contribution in [2.75, 3.05) is 13.7 Å². The van der Waals surface area contributed by atoms with Crippen LogP contribution in [0.1, 0.15) is 13.3 Å². The number of nitrogens with one attached hydrogen (secondary N) is 1. The van der Waals surface area contributed by atoms with Crippen molar-refractivity contribution in [3.63, 3.8) is 0 Å². The van der Waals surface area contributed by atoms with Crippen LogP contribution in [-0.2, 0) is 9.53 Å². The number of rotatable bonds is 4. The molecule has 0 aromatic heterocycles. The summed E-state index contributed by atoms with van der Waals surface area (Å²) in [5.41, 5.74) is 0. The molecular weight excluding hydrogens is 144 g/mol. The van der Waals surface area contributed by atoms with Crippen LogP contribution in [0.2, 0.25) is 0 Å². The highest BCUT2D eigenvalue weighted by molar-refractivity contribution is 5.77. The number of methoxy groups -OCH3 is 1. The average molecular weight is 156 g/mol. The summed E-state index contributed by atoms with van der Waals surface area (Å²) in [6.07, 6.45) is 0.617. The van der Waals surface area contributed by atoms with Gasteiger partial charge in [0.1, 0.15) is 12.6 Å². The Bertz CT molecular complexity index is 162. The van der Waals surface area contributed by atoms with E-state index in [-0.39, 0.29) is 12.5 Å². The van der Waals surface area contributed by atoms with Crippen LogP contribution >= 0.6 is 0 Å². The van der Waals surface area contributed by atoms with Gasteiger partial charge in [0, 0.05) is 7.11 Å². The molecule has 0 heterocycles. The molecule has 0 spiro atoms. The quantitative estimate of drug-likeness (QED) is 0.625. The van der Waals surface area contributed by atoms with Gasteiger partial charge in [0.05, 0.1) is 6.07 Å². The first-order chi connectivity index (χ1) is 5.24. The first kappa shape index (κ1) is 9.92. The smallest absolute Gasteiger partial charge is 0.247 e. The molecule has 4 heteroatoms. The van der Waals surface area contributed by atoms with Crippen LogP contribution in [-0.4, -0.2) is 25.7 Å². The Morgan fingerprint density at radius 3 is 2.82 bits per heavy atom. The summed E-state index contributed by atoms with van der Waals surface area (Å²) in [7, 11) is 1.44. The molecule has 0 rings (SSSR count). The maximum Gasteiger partial charge on any atom is 0.247 e.